The van der Waals surface area contributed by atoms with E-state index in [9.17, 15) is 14.4 Å². The van der Waals surface area contributed by atoms with Crippen molar-refractivity contribution in [1.82, 2.24) is 10.2 Å². The van der Waals surface area contributed by atoms with E-state index in [1.807, 2.05) is 30.3 Å². The highest BCUT2D eigenvalue weighted by molar-refractivity contribution is 6.32. The number of amides is 4. The third kappa shape index (κ3) is 4.39. The number of anilines is 1. The number of carbonyl (C=O) groups is 3. The van der Waals surface area contributed by atoms with Gasteiger partial charge in [-0.15, -0.1) is 0 Å². The van der Waals surface area contributed by atoms with E-state index in [2.05, 4.69) is 31.4 Å². The van der Waals surface area contributed by atoms with Gasteiger partial charge in [-0.25, -0.2) is 4.79 Å². The Bertz CT molecular complexity index is 1100. The number of nitrogens with one attached hydrogen (secondary N) is 2. The number of nitrogens with zero attached hydrogens (tertiary/aromatic N) is 2. The van der Waals surface area contributed by atoms with E-state index in [1.165, 1.54) is 18.2 Å². The molecular formula is C23H23ClN4O3. The van der Waals surface area contributed by atoms with E-state index < -0.39 is 29.9 Å². The Morgan fingerprint density at radius 2 is 1.84 bits per heavy atom. The highest BCUT2D eigenvalue weighted by Crippen LogP contribution is 2.31. The lowest BCUT2D eigenvalue weighted by molar-refractivity contribution is -0.133. The van der Waals surface area contributed by atoms with E-state index in [4.69, 9.17) is 16.9 Å². The van der Waals surface area contributed by atoms with E-state index >= 15 is 0 Å². The van der Waals surface area contributed by atoms with Gasteiger partial charge in [0.05, 0.1) is 10.6 Å². The van der Waals surface area contributed by atoms with E-state index in [0.717, 1.165) is 10.5 Å². The summed E-state index contributed by atoms with van der Waals surface area (Å²) in [5.74, 6) is -1.06. The highest BCUT2D eigenvalue weighted by atomic mass is 35.5. The molecule has 3 rings (SSSR count). The summed E-state index contributed by atoms with van der Waals surface area (Å²) in [6.45, 7) is 7.45. The van der Waals surface area contributed by atoms with Crippen LogP contribution in [0.4, 0.5) is 10.5 Å². The molecule has 160 valence electrons. The molecule has 0 radical (unpaired) electrons. The monoisotopic (exact) mass is 438 g/mol. The standard InChI is InChI=1S/C23H23ClN4O3/c1-22(2,3)15-6-8-16(9-7-15)23(4)20(30)28(21(31)27-23)13-19(29)26-17-10-5-14(12-25)18(24)11-17/h5-11H,13H2,1-4H3,(H,26,29)(H,27,31). The topological polar surface area (TPSA) is 102 Å². The number of urea groups is 1. The summed E-state index contributed by atoms with van der Waals surface area (Å²) in [5.41, 5.74) is 1.09. The molecule has 7 nitrogen and oxygen atoms in total. The van der Waals surface area contributed by atoms with Crippen LogP contribution < -0.4 is 10.6 Å². The Balaban J connectivity index is 1.74. The molecule has 1 atom stereocenters. The third-order valence-electron chi connectivity index (χ3n) is 5.28. The molecule has 0 aromatic heterocycles. The second-order valence-corrected chi connectivity index (χ2v) is 9.04. The minimum Gasteiger partial charge on any atom is -0.324 e. The van der Waals surface area contributed by atoms with Gasteiger partial charge in [-0.1, -0.05) is 56.6 Å². The zero-order chi connectivity index (χ0) is 23.0. The Morgan fingerprint density at radius 1 is 1.19 bits per heavy atom. The van der Waals surface area contributed by atoms with Crippen molar-refractivity contribution >= 4 is 35.1 Å². The van der Waals surface area contributed by atoms with Crippen LogP contribution in [0.5, 0.6) is 0 Å². The molecule has 1 unspecified atom stereocenters. The molecule has 0 saturated carbocycles. The SMILES string of the molecule is CC(C)(C)c1ccc(C2(C)NC(=O)N(CC(=O)Nc3ccc(C#N)c(Cl)c3)C2=O)cc1. The highest BCUT2D eigenvalue weighted by Gasteiger charge is 2.49. The zero-order valence-electron chi connectivity index (χ0n) is 17.7. The van der Waals surface area contributed by atoms with Gasteiger partial charge in [0.15, 0.2) is 0 Å². The molecule has 31 heavy (non-hydrogen) atoms. The van der Waals surface area contributed by atoms with Crippen molar-refractivity contribution in [1.29, 1.82) is 5.26 Å². The number of hydrogen-bond acceptors (Lipinski definition) is 4. The minimum atomic E-state index is -1.26. The summed E-state index contributed by atoms with van der Waals surface area (Å²) >= 11 is 5.97. The summed E-state index contributed by atoms with van der Waals surface area (Å²) in [7, 11) is 0. The number of benzene rings is 2. The van der Waals surface area contributed by atoms with E-state index in [-0.39, 0.29) is 16.0 Å². The zero-order valence-corrected chi connectivity index (χ0v) is 18.5. The van der Waals surface area contributed by atoms with Crippen molar-refractivity contribution in [3.8, 4) is 6.07 Å². The van der Waals surface area contributed by atoms with Gasteiger partial charge < -0.3 is 10.6 Å². The molecule has 1 aliphatic rings. The van der Waals surface area contributed by atoms with Crippen molar-refractivity contribution in [3.63, 3.8) is 0 Å². The van der Waals surface area contributed by atoms with Crippen LogP contribution in [0.25, 0.3) is 0 Å². The number of imide groups is 1. The van der Waals surface area contributed by atoms with Gasteiger partial charge >= 0.3 is 6.03 Å². The molecule has 1 heterocycles. The van der Waals surface area contributed by atoms with Crippen LogP contribution >= 0.6 is 11.6 Å². The predicted molar refractivity (Wildman–Crippen MR) is 118 cm³/mol. The minimum absolute atomic E-state index is 0.0408. The fraction of sp³-hybridized carbons (Fsp3) is 0.304. The van der Waals surface area contributed by atoms with Crippen LogP contribution in [0.2, 0.25) is 5.02 Å². The first-order valence-corrected chi connectivity index (χ1v) is 10.1. The Labute approximate surface area is 186 Å². The fourth-order valence-corrected chi connectivity index (χ4v) is 3.59. The first kappa shape index (κ1) is 22.3. The van der Waals surface area contributed by atoms with Crippen LogP contribution in [0.1, 0.15) is 44.4 Å². The summed E-state index contributed by atoms with van der Waals surface area (Å²) in [6, 6.07) is 13.2. The lowest BCUT2D eigenvalue weighted by Crippen LogP contribution is -2.42. The van der Waals surface area contributed by atoms with Crippen molar-refractivity contribution < 1.29 is 14.4 Å². The third-order valence-corrected chi connectivity index (χ3v) is 5.59. The van der Waals surface area contributed by atoms with Crippen molar-refractivity contribution in [3.05, 3.63) is 64.2 Å². The lowest BCUT2D eigenvalue weighted by Gasteiger charge is -2.24. The van der Waals surface area contributed by atoms with Gasteiger partial charge in [0.2, 0.25) is 5.91 Å². The maximum absolute atomic E-state index is 13.1. The normalized spacial score (nSPS) is 18.5. The number of halogens is 1. The second-order valence-electron chi connectivity index (χ2n) is 8.63. The van der Waals surface area contributed by atoms with E-state index in [0.29, 0.717) is 11.3 Å². The Morgan fingerprint density at radius 3 is 2.39 bits per heavy atom. The second kappa shape index (κ2) is 8.05. The fourth-order valence-electron chi connectivity index (χ4n) is 3.37. The van der Waals surface area contributed by atoms with Crippen LogP contribution in [-0.2, 0) is 20.5 Å². The maximum atomic E-state index is 13.1. The number of hydrogen-bond donors (Lipinski definition) is 2. The smallest absolute Gasteiger partial charge is 0.324 e. The molecule has 1 fully saturated rings. The summed E-state index contributed by atoms with van der Waals surface area (Å²) in [6.07, 6.45) is 0. The van der Waals surface area contributed by atoms with Crippen molar-refractivity contribution in [2.75, 3.05) is 11.9 Å². The molecule has 1 aliphatic heterocycles. The number of nitriles is 1. The van der Waals surface area contributed by atoms with Gasteiger partial charge in [-0.3, -0.25) is 14.5 Å². The maximum Gasteiger partial charge on any atom is 0.325 e. The molecular weight excluding hydrogens is 416 g/mol. The summed E-state index contributed by atoms with van der Waals surface area (Å²) in [4.78, 5) is 38.9. The molecule has 0 spiro atoms. The molecule has 0 aliphatic carbocycles. The van der Waals surface area contributed by atoms with Gasteiger partial charge in [0.25, 0.3) is 5.91 Å². The Hall–Kier alpha value is -3.37. The van der Waals surface area contributed by atoms with Crippen LogP contribution in [-0.4, -0.2) is 29.3 Å². The first-order chi connectivity index (χ1) is 14.5. The molecule has 2 aromatic carbocycles. The van der Waals surface area contributed by atoms with Gasteiger partial charge in [-0.2, -0.15) is 5.26 Å². The average Bonchev–Trinajstić information content (AvgIpc) is 2.91. The Kier molecular flexibility index (Phi) is 5.79. The van der Waals surface area contributed by atoms with Gasteiger partial charge in [0, 0.05) is 5.69 Å². The average molecular weight is 439 g/mol. The van der Waals surface area contributed by atoms with Crippen LogP contribution in [0, 0.1) is 11.3 Å². The number of rotatable bonds is 4. The molecule has 0 bridgehead atoms. The summed E-state index contributed by atoms with van der Waals surface area (Å²) in [5, 5.41) is 14.4. The lowest BCUT2D eigenvalue weighted by atomic mass is 9.84. The quantitative estimate of drug-likeness (QED) is 0.706. The van der Waals surface area contributed by atoms with Crippen LogP contribution in [0.3, 0.4) is 0 Å². The molecule has 4 amide bonds. The number of carbonyl (C=O) groups excluding carboxylic acids is 3. The van der Waals surface area contributed by atoms with E-state index in [1.54, 1.807) is 6.92 Å². The van der Waals surface area contributed by atoms with Gasteiger partial charge in [0.1, 0.15) is 18.2 Å². The molecule has 2 N–H and O–H groups in total. The molecule has 1 saturated heterocycles. The largest absolute Gasteiger partial charge is 0.325 e. The van der Waals surface area contributed by atoms with Crippen LogP contribution in [0.15, 0.2) is 42.5 Å². The first-order valence-electron chi connectivity index (χ1n) is 9.70. The van der Waals surface area contributed by atoms with Crippen molar-refractivity contribution in [2.24, 2.45) is 0 Å². The molecule has 8 heteroatoms. The van der Waals surface area contributed by atoms with Gasteiger partial charge in [-0.05, 0) is 41.7 Å². The summed E-state index contributed by atoms with van der Waals surface area (Å²) < 4.78 is 0. The van der Waals surface area contributed by atoms with Crippen molar-refractivity contribution in [2.45, 2.75) is 38.6 Å². The molecule has 2 aromatic rings. The predicted octanol–water partition coefficient (Wildman–Crippen LogP) is 3.91.